The Balaban J connectivity index is 1.08. The van der Waals surface area contributed by atoms with E-state index in [1.165, 1.54) is 96.3 Å². The summed E-state index contributed by atoms with van der Waals surface area (Å²) in [5.74, 6) is -1.14. The van der Waals surface area contributed by atoms with Gasteiger partial charge >= 0.3 is 17.9 Å². The second kappa shape index (κ2) is 46.8. The summed E-state index contributed by atoms with van der Waals surface area (Å²) < 4.78 is 30.9. The van der Waals surface area contributed by atoms with Crippen LogP contribution in [0.15, 0.2) is 133 Å². The van der Waals surface area contributed by atoms with Gasteiger partial charge in [-0.25, -0.2) is 14.4 Å². The average molecular weight is 1460 g/mol. The average Bonchev–Trinajstić information content (AvgIpc) is 0.813. The van der Waals surface area contributed by atoms with Crippen molar-refractivity contribution in [3.05, 3.63) is 195 Å². The number of esters is 3. The molecule has 0 spiro atoms. The van der Waals surface area contributed by atoms with Crippen molar-refractivity contribution in [3.8, 4) is 63.1 Å². The number of rotatable bonds is 50. The fraction of sp³-hybridized carbons (Fsp3) is 0.484. The quantitative estimate of drug-likeness (QED) is 0.0120. The Labute approximate surface area is 637 Å². The van der Waals surface area contributed by atoms with Gasteiger partial charge in [0.2, 0.25) is 18.9 Å². The van der Waals surface area contributed by atoms with E-state index in [4.69, 9.17) is 23.7 Å². The molecular formula is C91H118N4O12. The first-order valence-electron chi connectivity index (χ1n) is 39.6. The van der Waals surface area contributed by atoms with Gasteiger partial charge in [-0.2, -0.15) is 10.5 Å². The first-order valence-corrected chi connectivity index (χ1v) is 39.6. The standard InChI is InChI=1S/C91H118N4O12/c1-8-11-14-17-20-23-26-29-32-35-83(96)105-89(100)76-58-79(64-94(6)62-77-56-74(54-66(4)86(77)97)90(101)106-84(36-33-30-27-24-21-18-15-12-9-2)103-81-50-46-72(47-51-81)70-42-38-68(60-92)39-43-70)88(99)80(59-76)65-95(7)63-78-57-75(55-67(5)87(78)98)91(102)107-85(37-34-31-28-25-22-19-16-13-10-3)104-82-52-48-73(49-53-82)71-44-40-69(61-93)41-45-71/h38-59,83-85,96-99H,8-37,62-65H2,1-7H3. The zero-order chi connectivity index (χ0) is 76.7. The zero-order valence-electron chi connectivity index (χ0n) is 64.8. The Morgan fingerprint density at radius 1 is 0.364 bits per heavy atom. The van der Waals surface area contributed by atoms with Crippen molar-refractivity contribution in [2.24, 2.45) is 0 Å². The third-order valence-corrected chi connectivity index (χ3v) is 19.8. The molecule has 7 rings (SSSR count). The van der Waals surface area contributed by atoms with Crippen LogP contribution < -0.4 is 9.47 Å². The third kappa shape index (κ3) is 29.5. The number of nitrogens with zero attached hydrogens (tertiary/aromatic N) is 4. The lowest BCUT2D eigenvalue weighted by Crippen LogP contribution is -2.25. The molecule has 0 radical (unpaired) electrons. The van der Waals surface area contributed by atoms with Gasteiger partial charge in [-0.15, -0.1) is 0 Å². The first kappa shape index (κ1) is 85.1. The summed E-state index contributed by atoms with van der Waals surface area (Å²) in [6, 6.07) is 43.5. The first-order chi connectivity index (χ1) is 51.9. The highest BCUT2D eigenvalue weighted by Crippen LogP contribution is 2.34. The number of benzene rings is 7. The van der Waals surface area contributed by atoms with Crippen LogP contribution in [-0.2, 0) is 40.4 Å². The van der Waals surface area contributed by atoms with Gasteiger partial charge in [0.1, 0.15) is 28.7 Å². The molecule has 574 valence electrons. The lowest BCUT2D eigenvalue weighted by atomic mass is 10.0. The number of aliphatic hydroxyl groups is 1. The number of carbonyl (C=O) groups excluding carboxylic acids is 3. The van der Waals surface area contributed by atoms with Crippen LogP contribution in [0.2, 0.25) is 0 Å². The summed E-state index contributed by atoms with van der Waals surface area (Å²) in [5, 5.41) is 65.3. The molecule has 107 heavy (non-hydrogen) atoms. The van der Waals surface area contributed by atoms with Crippen molar-refractivity contribution in [2.45, 2.75) is 272 Å². The molecule has 0 aliphatic heterocycles. The lowest BCUT2D eigenvalue weighted by Gasteiger charge is -2.24. The van der Waals surface area contributed by atoms with E-state index in [1.807, 2.05) is 82.6 Å². The molecule has 3 atom stereocenters. The van der Waals surface area contributed by atoms with Crippen LogP contribution in [-0.4, -0.2) is 81.1 Å². The molecule has 0 saturated heterocycles. The smallest absolute Gasteiger partial charge is 0.341 e. The van der Waals surface area contributed by atoms with Gasteiger partial charge in [0, 0.05) is 67.7 Å². The highest BCUT2D eigenvalue weighted by atomic mass is 16.7. The number of unbranched alkanes of at least 4 members (excludes halogenated alkanes) is 24. The Morgan fingerprint density at radius 2 is 0.626 bits per heavy atom. The molecule has 0 aromatic heterocycles. The van der Waals surface area contributed by atoms with Crippen molar-refractivity contribution >= 4 is 17.9 Å². The van der Waals surface area contributed by atoms with Crippen LogP contribution in [0.4, 0.5) is 0 Å². The monoisotopic (exact) mass is 1460 g/mol. The SMILES string of the molecule is CCCCCCCCCCCC(O)OC(=O)c1cc(CN(C)Cc2cc(C(=O)OC(CCCCCCCCCCC)Oc3ccc(-c4ccc(C#N)cc4)cc3)cc(C)c2O)c(O)c(CN(C)Cc2cc(C(=O)OC(CCCCCCCCCCC)Oc3ccc(-c4ccc(C#N)cc4)cc3)cc(C)c2O)c1. The number of aromatic hydroxyl groups is 3. The minimum atomic E-state index is -1.36. The summed E-state index contributed by atoms with van der Waals surface area (Å²) in [6.07, 6.45) is 27.9. The molecule has 7 aromatic carbocycles. The van der Waals surface area contributed by atoms with Crippen LogP contribution in [0.25, 0.3) is 22.3 Å². The number of ether oxygens (including phenoxy) is 5. The van der Waals surface area contributed by atoms with Gasteiger partial charge in [0.25, 0.3) is 0 Å². The van der Waals surface area contributed by atoms with E-state index in [0.717, 1.165) is 92.9 Å². The summed E-state index contributed by atoms with van der Waals surface area (Å²) >= 11 is 0. The molecule has 16 heteroatoms. The number of phenols is 3. The van der Waals surface area contributed by atoms with Crippen LogP contribution in [0.5, 0.6) is 28.7 Å². The van der Waals surface area contributed by atoms with E-state index >= 15 is 0 Å². The fourth-order valence-electron chi connectivity index (χ4n) is 13.6. The minimum Gasteiger partial charge on any atom is -0.507 e. The number of nitriles is 2. The summed E-state index contributed by atoms with van der Waals surface area (Å²) in [7, 11) is 3.58. The predicted molar refractivity (Wildman–Crippen MR) is 424 cm³/mol. The van der Waals surface area contributed by atoms with E-state index in [0.29, 0.717) is 75.3 Å². The minimum absolute atomic E-state index is 0.0237. The summed E-state index contributed by atoms with van der Waals surface area (Å²) in [4.78, 5) is 46.5. The maximum absolute atomic E-state index is 14.3. The third-order valence-electron chi connectivity index (χ3n) is 19.8. The van der Waals surface area contributed by atoms with Gasteiger partial charge in [0.05, 0.1) is 40.0 Å². The van der Waals surface area contributed by atoms with Gasteiger partial charge in [-0.1, -0.05) is 223 Å². The lowest BCUT2D eigenvalue weighted by molar-refractivity contribution is -0.0695. The van der Waals surface area contributed by atoms with E-state index in [1.54, 1.807) is 88.6 Å². The van der Waals surface area contributed by atoms with Crippen LogP contribution in [0.3, 0.4) is 0 Å². The van der Waals surface area contributed by atoms with Crippen LogP contribution in [0, 0.1) is 36.5 Å². The molecule has 0 fully saturated rings. The van der Waals surface area contributed by atoms with Gasteiger partial charge in [0.15, 0.2) is 0 Å². The van der Waals surface area contributed by atoms with Crippen molar-refractivity contribution in [1.29, 1.82) is 10.5 Å². The molecule has 4 N–H and O–H groups in total. The molecule has 0 heterocycles. The second-order valence-electron chi connectivity index (χ2n) is 29.1. The van der Waals surface area contributed by atoms with Gasteiger partial charge in [-0.3, -0.25) is 9.80 Å². The molecule has 0 amide bonds. The van der Waals surface area contributed by atoms with E-state index < -0.39 is 36.8 Å². The van der Waals surface area contributed by atoms with E-state index in [9.17, 15) is 45.3 Å². The van der Waals surface area contributed by atoms with Crippen molar-refractivity contribution in [2.75, 3.05) is 14.1 Å². The molecule has 16 nitrogen and oxygen atoms in total. The van der Waals surface area contributed by atoms with E-state index in [-0.39, 0.29) is 66.5 Å². The number of carbonyl (C=O) groups is 3. The predicted octanol–water partition coefficient (Wildman–Crippen LogP) is 22.1. The molecular weight excluding hydrogens is 1340 g/mol. The zero-order valence-corrected chi connectivity index (χ0v) is 64.8. The Kier molecular flexibility index (Phi) is 37.2. The highest BCUT2D eigenvalue weighted by molar-refractivity contribution is 5.92. The molecule has 0 aliphatic carbocycles. The normalized spacial score (nSPS) is 12.1. The Hall–Kier alpha value is -9.19. The fourth-order valence-corrected chi connectivity index (χ4v) is 13.6. The molecule has 0 saturated carbocycles. The summed E-state index contributed by atoms with van der Waals surface area (Å²) in [6.45, 7) is 10.4. The molecule has 7 aromatic rings. The van der Waals surface area contributed by atoms with Gasteiger partial charge in [-0.05, 0) is 166 Å². The molecule has 3 unspecified atom stereocenters. The Morgan fingerprint density at radius 3 is 0.935 bits per heavy atom. The number of hydrogen-bond acceptors (Lipinski definition) is 16. The maximum Gasteiger partial charge on any atom is 0.341 e. The highest BCUT2D eigenvalue weighted by Gasteiger charge is 2.26. The maximum atomic E-state index is 14.3. The second-order valence-corrected chi connectivity index (χ2v) is 29.1. The van der Waals surface area contributed by atoms with Crippen LogP contribution in [0.1, 0.15) is 289 Å². The van der Waals surface area contributed by atoms with Crippen molar-refractivity contribution in [3.63, 3.8) is 0 Å². The number of aliphatic hydroxyl groups excluding tert-OH is 1. The summed E-state index contributed by atoms with van der Waals surface area (Å²) in [5.41, 5.74) is 7.84. The van der Waals surface area contributed by atoms with E-state index in [2.05, 4.69) is 32.9 Å². The largest absolute Gasteiger partial charge is 0.507 e. The number of hydrogen-bond donors (Lipinski definition) is 4. The topological polar surface area (TPSA) is 232 Å². The van der Waals surface area contributed by atoms with Gasteiger partial charge < -0.3 is 44.1 Å². The van der Waals surface area contributed by atoms with Crippen LogP contribution >= 0.6 is 0 Å². The molecule has 0 bridgehead atoms. The van der Waals surface area contributed by atoms with Crippen molar-refractivity contribution < 1.29 is 58.5 Å². The number of aryl methyl sites for hydroxylation is 2. The molecule has 0 aliphatic rings. The Bertz CT molecular complexity index is 3690. The number of phenolic OH excluding ortho intramolecular Hbond substituents is 3. The van der Waals surface area contributed by atoms with Crippen molar-refractivity contribution in [1.82, 2.24) is 9.80 Å².